The van der Waals surface area contributed by atoms with Crippen LogP contribution < -0.4 is 0 Å². The molecule has 0 spiro atoms. The molecule has 0 aromatic heterocycles. The van der Waals surface area contributed by atoms with Gasteiger partial charge in [-0.3, -0.25) is 0 Å². The van der Waals surface area contributed by atoms with Gasteiger partial charge in [-0.05, 0) is 0 Å². The maximum atomic E-state index is 13.0. The van der Waals surface area contributed by atoms with Gasteiger partial charge < -0.3 is 0 Å². The van der Waals surface area contributed by atoms with E-state index < -0.39 is 38.9 Å². The normalized spacial score (nSPS) is 19.3. The smallest absolute Gasteiger partial charge is 0.212 e. The van der Waals surface area contributed by atoms with E-state index in [1.165, 1.54) is 0 Å². The first-order valence-corrected chi connectivity index (χ1v) is 9.82. The Kier molecular flexibility index (Phi) is 11.4. The topological polar surface area (TPSA) is 0 Å². The van der Waals surface area contributed by atoms with Crippen molar-refractivity contribution in [1.29, 1.82) is 0 Å². The van der Waals surface area contributed by atoms with Gasteiger partial charge in [-0.2, -0.15) is 26.3 Å². The molecule has 0 saturated carbocycles. The van der Waals surface area contributed by atoms with Crippen LogP contribution in [0.1, 0.15) is 0 Å². The van der Waals surface area contributed by atoms with E-state index in [0.717, 1.165) is 0 Å². The minimum Gasteiger partial charge on any atom is -0.212 e. The predicted molar refractivity (Wildman–Crippen MR) is 101 cm³/mol. The maximum absolute atomic E-state index is 13.0. The second-order valence-corrected chi connectivity index (χ2v) is 12.5. The van der Waals surface area contributed by atoms with Crippen LogP contribution in [0.25, 0.3) is 0 Å². The molecule has 0 nitrogen and oxygen atoms in total. The summed E-state index contributed by atoms with van der Waals surface area (Å²) in [5, 5.41) is -9.15. The third kappa shape index (κ3) is 6.96. The van der Waals surface area contributed by atoms with Crippen LogP contribution in [0.2, 0.25) is 0 Å². The molecule has 0 bridgehead atoms. The molecule has 2 atom stereocenters. The van der Waals surface area contributed by atoms with Gasteiger partial charge in [0.25, 0.3) is 0 Å². The molecule has 0 aliphatic carbocycles. The second kappa shape index (κ2) is 9.65. The number of rotatable bonds is 2. The Labute approximate surface area is 211 Å². The Morgan fingerprint density at radius 1 is 0.321 bits per heavy atom. The Morgan fingerprint density at radius 2 is 0.464 bits per heavy atom. The summed E-state index contributed by atoms with van der Waals surface area (Å²) in [6.45, 7) is 0. The molecule has 0 amide bonds. The molecular weight excluding hydrogens is 674 g/mol. The van der Waals surface area contributed by atoms with Gasteiger partial charge in [-0.25, -0.2) is 8.78 Å². The standard InChI is InChI=1S/2C4Cl6F4/c2*5-1(6,3(8,9)10)2(7,11)4(12,13)14. The third-order valence-corrected chi connectivity index (χ3v) is 8.63. The highest BCUT2D eigenvalue weighted by molar-refractivity contribution is 6.77. The van der Waals surface area contributed by atoms with Crippen molar-refractivity contribution in [1.82, 2.24) is 0 Å². The lowest BCUT2D eigenvalue weighted by Gasteiger charge is -2.36. The van der Waals surface area contributed by atoms with Gasteiger partial charge in [-0.15, -0.1) is 0 Å². The zero-order valence-electron chi connectivity index (χ0n) is 11.6. The van der Waals surface area contributed by atoms with Crippen LogP contribution in [0.15, 0.2) is 0 Å². The lowest BCUT2D eigenvalue weighted by atomic mass is 10.2. The summed E-state index contributed by atoms with van der Waals surface area (Å²) in [7, 11) is 0. The lowest BCUT2D eigenvalue weighted by Crippen LogP contribution is -2.56. The van der Waals surface area contributed by atoms with Gasteiger partial charge in [0.15, 0.2) is 0 Å². The molecule has 0 N–H and O–H groups in total. The average molecular weight is 674 g/mol. The lowest BCUT2D eigenvalue weighted by molar-refractivity contribution is -0.202. The van der Waals surface area contributed by atoms with Gasteiger partial charge in [0.05, 0.1) is 0 Å². The monoisotopic (exact) mass is 668 g/mol. The van der Waals surface area contributed by atoms with Crippen molar-refractivity contribution >= 4 is 139 Å². The molecule has 0 aliphatic rings. The van der Waals surface area contributed by atoms with E-state index in [-0.39, 0.29) is 0 Å². The summed E-state index contributed by atoms with van der Waals surface area (Å²) >= 11 is 58.4. The minimum absolute atomic E-state index is 2.94. The van der Waals surface area contributed by atoms with Crippen molar-refractivity contribution in [3.05, 3.63) is 0 Å². The Morgan fingerprint density at radius 3 is 0.500 bits per heavy atom. The van der Waals surface area contributed by atoms with E-state index in [4.69, 9.17) is 116 Å². The van der Waals surface area contributed by atoms with Crippen molar-refractivity contribution in [2.45, 2.75) is 38.9 Å². The number of hydrogen-bond donors (Lipinski definition) is 0. The Balaban J connectivity index is 0. The molecule has 20 heteroatoms. The molecule has 0 fully saturated rings. The highest BCUT2D eigenvalue weighted by Crippen LogP contribution is 2.61. The van der Waals surface area contributed by atoms with Crippen LogP contribution in [0.5, 0.6) is 0 Å². The molecule has 0 saturated heterocycles. The number of alkyl halides is 20. The zero-order valence-corrected chi connectivity index (χ0v) is 20.6. The molecule has 2 unspecified atom stereocenters. The van der Waals surface area contributed by atoms with Crippen LogP contribution in [0.3, 0.4) is 0 Å². The van der Waals surface area contributed by atoms with Crippen molar-refractivity contribution in [3.63, 3.8) is 0 Å². The van der Waals surface area contributed by atoms with Crippen LogP contribution in [0, 0.1) is 0 Å². The maximum Gasteiger partial charge on any atom is 0.440 e. The van der Waals surface area contributed by atoms with Gasteiger partial charge in [-0.1, -0.05) is 139 Å². The summed E-state index contributed by atoms with van der Waals surface area (Å²) < 4.78 is 85.2. The van der Waals surface area contributed by atoms with Crippen LogP contribution in [-0.2, 0) is 0 Å². The van der Waals surface area contributed by atoms with Gasteiger partial charge in [0.1, 0.15) is 0 Å². The number of halogens is 20. The van der Waals surface area contributed by atoms with E-state index in [1.807, 2.05) is 0 Å². The zero-order chi connectivity index (χ0) is 24.0. The minimum atomic E-state index is -5.58. The quantitative estimate of drug-likeness (QED) is 0.202. The molecule has 172 valence electrons. The van der Waals surface area contributed by atoms with Gasteiger partial charge in [0.2, 0.25) is 16.3 Å². The van der Waals surface area contributed by atoms with E-state index in [1.54, 1.807) is 0 Å². The van der Waals surface area contributed by atoms with Gasteiger partial charge >= 0.3 is 22.6 Å². The number of hydrogen-bond acceptors (Lipinski definition) is 0. The fourth-order valence-electron chi connectivity index (χ4n) is 0.712. The summed E-state index contributed by atoms with van der Waals surface area (Å²) in [6, 6.07) is 0. The summed E-state index contributed by atoms with van der Waals surface area (Å²) in [5.41, 5.74) is 0. The molecule has 0 heterocycles. The molecule has 0 rings (SSSR count). The highest BCUT2D eigenvalue weighted by Gasteiger charge is 2.74. The van der Waals surface area contributed by atoms with E-state index in [0.29, 0.717) is 0 Å². The predicted octanol–water partition coefficient (Wildman–Crippen LogP) is 9.99. The molecular formula is C8Cl12F8. The molecule has 0 aliphatic heterocycles. The van der Waals surface area contributed by atoms with E-state index >= 15 is 0 Å². The fraction of sp³-hybridized carbons (Fsp3) is 1.00. The van der Waals surface area contributed by atoms with Crippen molar-refractivity contribution < 1.29 is 35.1 Å². The SMILES string of the molecule is FC(F)(F)C(F)(Cl)C(Cl)(Cl)C(Cl)(Cl)Cl.FC(F)(F)C(F)(Cl)C(Cl)(Cl)C(Cl)(Cl)Cl. The Hall–Kier alpha value is 2.92. The van der Waals surface area contributed by atoms with E-state index in [9.17, 15) is 35.1 Å². The average Bonchev–Trinajstić information content (AvgIpc) is 2.33. The molecule has 0 aromatic rings. The van der Waals surface area contributed by atoms with Crippen molar-refractivity contribution in [2.24, 2.45) is 0 Å². The first-order valence-electron chi connectivity index (χ1n) is 5.28. The van der Waals surface area contributed by atoms with Crippen LogP contribution >= 0.6 is 139 Å². The van der Waals surface area contributed by atoms with Crippen molar-refractivity contribution in [2.75, 3.05) is 0 Å². The summed E-state index contributed by atoms with van der Waals surface area (Å²) in [6.07, 6.45) is -11.2. The molecule has 28 heavy (non-hydrogen) atoms. The summed E-state index contributed by atoms with van der Waals surface area (Å²) in [5.74, 6) is 0. The summed E-state index contributed by atoms with van der Waals surface area (Å²) in [4.78, 5) is 0. The molecule has 0 aromatic carbocycles. The largest absolute Gasteiger partial charge is 0.440 e. The van der Waals surface area contributed by atoms with Gasteiger partial charge in [0, 0.05) is 0 Å². The first-order chi connectivity index (χ1) is 11.5. The van der Waals surface area contributed by atoms with Crippen molar-refractivity contribution in [3.8, 4) is 0 Å². The van der Waals surface area contributed by atoms with Crippen LogP contribution in [-0.4, -0.2) is 38.9 Å². The second-order valence-electron chi connectivity index (χ2n) is 4.29. The highest BCUT2D eigenvalue weighted by atomic mass is 35.6. The van der Waals surface area contributed by atoms with Crippen LogP contribution in [0.4, 0.5) is 35.1 Å². The molecule has 0 radical (unpaired) electrons. The first kappa shape index (κ1) is 33.1. The Bertz CT molecular complexity index is 430. The third-order valence-electron chi connectivity index (χ3n) is 2.21. The fourth-order valence-corrected chi connectivity index (χ4v) is 2.50. The van der Waals surface area contributed by atoms with E-state index in [2.05, 4.69) is 23.2 Å².